The monoisotopic (exact) mass is 270 g/mol. The average Bonchev–Trinajstić information content (AvgIpc) is 2.51. The lowest BCUT2D eigenvalue weighted by atomic mass is 9.93. The van der Waals surface area contributed by atoms with Crippen molar-refractivity contribution >= 4 is 5.57 Å². The van der Waals surface area contributed by atoms with Crippen LogP contribution in [0.25, 0.3) is 5.57 Å². The van der Waals surface area contributed by atoms with Crippen molar-refractivity contribution in [1.29, 1.82) is 0 Å². The molecule has 1 aromatic carbocycles. The van der Waals surface area contributed by atoms with Gasteiger partial charge in [-0.15, -0.1) is 0 Å². The van der Waals surface area contributed by atoms with Gasteiger partial charge in [-0.1, -0.05) is 30.3 Å². The van der Waals surface area contributed by atoms with Gasteiger partial charge in [0, 0.05) is 32.7 Å². The van der Waals surface area contributed by atoms with Crippen LogP contribution < -0.4 is 0 Å². The second kappa shape index (κ2) is 6.55. The molecule has 1 saturated heterocycles. The number of allylic oxidation sites excluding steroid dienone is 2. The van der Waals surface area contributed by atoms with E-state index in [4.69, 9.17) is 0 Å². The van der Waals surface area contributed by atoms with Crippen LogP contribution >= 0.6 is 0 Å². The Morgan fingerprint density at radius 2 is 1.90 bits per heavy atom. The van der Waals surface area contributed by atoms with Crippen molar-refractivity contribution in [1.82, 2.24) is 9.80 Å². The van der Waals surface area contributed by atoms with E-state index in [2.05, 4.69) is 47.2 Å². The molecule has 2 heteroatoms. The standard InChI is InChI=1S/C18H26N2/c1-19-10-12-20(13-11-19)15-16-6-5-9-18(14-16)17-7-3-2-4-8-17/h5-7,9,14H,2-4,8,10-13,15H2,1H3. The fraction of sp³-hybridized carbons (Fsp3) is 0.556. The van der Waals surface area contributed by atoms with Crippen LogP contribution in [0.5, 0.6) is 0 Å². The predicted molar refractivity (Wildman–Crippen MR) is 85.7 cm³/mol. The molecule has 0 radical (unpaired) electrons. The van der Waals surface area contributed by atoms with Gasteiger partial charge in [0.15, 0.2) is 0 Å². The third-order valence-corrected chi connectivity index (χ3v) is 4.59. The molecule has 1 aliphatic carbocycles. The van der Waals surface area contributed by atoms with Gasteiger partial charge in [-0.05, 0) is 49.4 Å². The number of nitrogens with zero attached hydrogens (tertiary/aromatic N) is 2. The quantitative estimate of drug-likeness (QED) is 0.830. The smallest absolute Gasteiger partial charge is 0.0235 e. The first-order valence-electron chi connectivity index (χ1n) is 8.00. The van der Waals surface area contributed by atoms with E-state index in [1.807, 2.05) is 0 Å². The van der Waals surface area contributed by atoms with E-state index in [1.165, 1.54) is 63.0 Å². The molecule has 1 heterocycles. The molecule has 0 N–H and O–H groups in total. The molecule has 1 fully saturated rings. The molecular formula is C18H26N2. The topological polar surface area (TPSA) is 6.48 Å². The van der Waals surface area contributed by atoms with Crippen LogP contribution in [-0.4, -0.2) is 43.0 Å². The first-order chi connectivity index (χ1) is 9.81. The molecule has 3 rings (SSSR count). The summed E-state index contributed by atoms with van der Waals surface area (Å²) in [5.74, 6) is 0. The summed E-state index contributed by atoms with van der Waals surface area (Å²) in [6, 6.07) is 9.21. The second-order valence-corrected chi connectivity index (χ2v) is 6.25. The highest BCUT2D eigenvalue weighted by Gasteiger charge is 2.14. The number of rotatable bonds is 3. The lowest BCUT2D eigenvalue weighted by Gasteiger charge is -2.32. The maximum absolute atomic E-state index is 2.58. The summed E-state index contributed by atoms with van der Waals surface area (Å²) in [6.45, 7) is 5.90. The van der Waals surface area contributed by atoms with Crippen molar-refractivity contribution in [3.8, 4) is 0 Å². The van der Waals surface area contributed by atoms with E-state index in [1.54, 1.807) is 5.57 Å². The van der Waals surface area contributed by atoms with Crippen LogP contribution in [0.2, 0.25) is 0 Å². The van der Waals surface area contributed by atoms with Gasteiger partial charge in [-0.2, -0.15) is 0 Å². The zero-order chi connectivity index (χ0) is 13.8. The molecule has 0 atom stereocenters. The predicted octanol–water partition coefficient (Wildman–Crippen LogP) is 3.39. The summed E-state index contributed by atoms with van der Waals surface area (Å²) >= 11 is 0. The van der Waals surface area contributed by atoms with E-state index < -0.39 is 0 Å². The van der Waals surface area contributed by atoms with Crippen LogP contribution in [0.4, 0.5) is 0 Å². The summed E-state index contributed by atoms with van der Waals surface area (Å²) in [7, 11) is 2.22. The Balaban J connectivity index is 1.66. The third kappa shape index (κ3) is 3.50. The largest absolute Gasteiger partial charge is 0.304 e. The summed E-state index contributed by atoms with van der Waals surface area (Å²) in [5, 5.41) is 0. The molecule has 0 spiro atoms. The molecule has 20 heavy (non-hydrogen) atoms. The van der Waals surface area contributed by atoms with Crippen molar-refractivity contribution in [2.45, 2.75) is 32.2 Å². The zero-order valence-corrected chi connectivity index (χ0v) is 12.6. The molecule has 0 amide bonds. The van der Waals surface area contributed by atoms with Gasteiger partial charge in [0.25, 0.3) is 0 Å². The fourth-order valence-corrected chi connectivity index (χ4v) is 3.23. The zero-order valence-electron chi connectivity index (χ0n) is 12.6. The van der Waals surface area contributed by atoms with Crippen molar-refractivity contribution in [2.24, 2.45) is 0 Å². The number of benzene rings is 1. The molecule has 0 unspecified atom stereocenters. The summed E-state index contributed by atoms with van der Waals surface area (Å²) in [6.07, 6.45) is 7.69. The van der Waals surface area contributed by atoms with Gasteiger partial charge in [0.05, 0.1) is 0 Å². The van der Waals surface area contributed by atoms with Crippen LogP contribution in [0.15, 0.2) is 30.3 Å². The van der Waals surface area contributed by atoms with Crippen LogP contribution in [0, 0.1) is 0 Å². The van der Waals surface area contributed by atoms with E-state index in [0.717, 1.165) is 6.54 Å². The Morgan fingerprint density at radius 3 is 2.65 bits per heavy atom. The molecule has 0 bridgehead atoms. The van der Waals surface area contributed by atoms with E-state index >= 15 is 0 Å². The summed E-state index contributed by atoms with van der Waals surface area (Å²) < 4.78 is 0. The molecular weight excluding hydrogens is 244 g/mol. The van der Waals surface area contributed by atoms with Gasteiger partial charge in [-0.25, -0.2) is 0 Å². The van der Waals surface area contributed by atoms with Gasteiger partial charge in [0.1, 0.15) is 0 Å². The first-order valence-corrected chi connectivity index (χ1v) is 8.00. The van der Waals surface area contributed by atoms with Crippen molar-refractivity contribution in [3.63, 3.8) is 0 Å². The summed E-state index contributed by atoms with van der Waals surface area (Å²) in [4.78, 5) is 4.99. The second-order valence-electron chi connectivity index (χ2n) is 6.25. The van der Waals surface area contributed by atoms with Gasteiger partial charge < -0.3 is 4.90 Å². The van der Waals surface area contributed by atoms with Crippen LogP contribution in [0.3, 0.4) is 0 Å². The van der Waals surface area contributed by atoms with Crippen molar-refractivity contribution in [2.75, 3.05) is 33.2 Å². The first kappa shape index (κ1) is 13.8. The SMILES string of the molecule is CN1CCN(Cc2cccc(C3=CCCCC3)c2)CC1. The molecule has 2 nitrogen and oxygen atoms in total. The molecule has 2 aliphatic rings. The number of hydrogen-bond donors (Lipinski definition) is 0. The highest BCUT2D eigenvalue weighted by Crippen LogP contribution is 2.27. The Kier molecular flexibility index (Phi) is 4.54. The number of hydrogen-bond acceptors (Lipinski definition) is 2. The molecule has 108 valence electrons. The van der Waals surface area contributed by atoms with Crippen molar-refractivity contribution < 1.29 is 0 Å². The Bertz CT molecular complexity index is 470. The minimum atomic E-state index is 1.11. The minimum absolute atomic E-state index is 1.11. The minimum Gasteiger partial charge on any atom is -0.304 e. The molecule has 1 aliphatic heterocycles. The van der Waals surface area contributed by atoms with E-state index in [9.17, 15) is 0 Å². The van der Waals surface area contributed by atoms with Gasteiger partial charge >= 0.3 is 0 Å². The normalized spacial score (nSPS) is 21.8. The van der Waals surface area contributed by atoms with E-state index in [-0.39, 0.29) is 0 Å². The Morgan fingerprint density at radius 1 is 1.05 bits per heavy atom. The molecule has 0 aromatic heterocycles. The number of piperazine rings is 1. The summed E-state index contributed by atoms with van der Waals surface area (Å²) in [5.41, 5.74) is 4.49. The molecule has 0 saturated carbocycles. The number of likely N-dealkylation sites (N-methyl/N-ethyl adjacent to an activating group) is 1. The van der Waals surface area contributed by atoms with Crippen LogP contribution in [0.1, 0.15) is 36.8 Å². The highest BCUT2D eigenvalue weighted by molar-refractivity contribution is 5.66. The maximum Gasteiger partial charge on any atom is 0.0235 e. The van der Waals surface area contributed by atoms with Gasteiger partial charge in [0.2, 0.25) is 0 Å². The van der Waals surface area contributed by atoms with Crippen molar-refractivity contribution in [3.05, 3.63) is 41.5 Å². The Hall–Kier alpha value is -1.12. The highest BCUT2D eigenvalue weighted by atomic mass is 15.2. The fourth-order valence-electron chi connectivity index (χ4n) is 3.23. The lowest BCUT2D eigenvalue weighted by molar-refractivity contribution is 0.148. The van der Waals surface area contributed by atoms with Crippen LogP contribution in [-0.2, 0) is 6.54 Å². The lowest BCUT2D eigenvalue weighted by Crippen LogP contribution is -2.43. The Labute approximate surface area is 123 Å². The molecule has 1 aromatic rings. The van der Waals surface area contributed by atoms with Gasteiger partial charge in [-0.3, -0.25) is 4.90 Å². The maximum atomic E-state index is 2.58. The van der Waals surface area contributed by atoms with E-state index in [0.29, 0.717) is 0 Å². The third-order valence-electron chi connectivity index (χ3n) is 4.59. The average molecular weight is 270 g/mol.